The monoisotopic (exact) mass is 287 g/mol. The lowest BCUT2D eigenvalue weighted by molar-refractivity contribution is 0.0954. The third-order valence-corrected chi connectivity index (χ3v) is 3.28. The molecule has 21 heavy (non-hydrogen) atoms. The molecule has 1 amide bonds. The van der Waals surface area contributed by atoms with E-state index in [2.05, 4.69) is 5.32 Å². The van der Waals surface area contributed by atoms with Crippen molar-refractivity contribution >= 4 is 5.91 Å². The van der Waals surface area contributed by atoms with Crippen molar-refractivity contribution in [2.75, 3.05) is 13.7 Å². The quantitative estimate of drug-likeness (QED) is 0.917. The van der Waals surface area contributed by atoms with E-state index in [-0.39, 0.29) is 11.7 Å². The molecule has 0 saturated carbocycles. The largest absolute Gasteiger partial charge is 0.497 e. The van der Waals surface area contributed by atoms with Gasteiger partial charge in [-0.3, -0.25) is 4.79 Å². The van der Waals surface area contributed by atoms with Crippen LogP contribution in [-0.2, 0) is 6.42 Å². The maximum absolute atomic E-state index is 13.2. The van der Waals surface area contributed by atoms with Crippen LogP contribution in [0.2, 0.25) is 0 Å². The SMILES string of the molecule is COc1ccc(CCNC(=O)c2ccc(F)c(C)c2)cc1. The molecule has 2 aromatic carbocycles. The Morgan fingerprint density at radius 2 is 1.90 bits per heavy atom. The Balaban J connectivity index is 1.87. The zero-order valence-electron chi connectivity index (χ0n) is 12.2. The number of carbonyl (C=O) groups is 1. The van der Waals surface area contributed by atoms with Gasteiger partial charge in [0.1, 0.15) is 11.6 Å². The number of carbonyl (C=O) groups excluding carboxylic acids is 1. The number of amides is 1. The van der Waals surface area contributed by atoms with Crippen molar-refractivity contribution in [1.29, 1.82) is 0 Å². The Morgan fingerprint density at radius 1 is 1.19 bits per heavy atom. The summed E-state index contributed by atoms with van der Waals surface area (Å²) in [7, 11) is 1.62. The van der Waals surface area contributed by atoms with Gasteiger partial charge in [-0.2, -0.15) is 0 Å². The van der Waals surface area contributed by atoms with E-state index >= 15 is 0 Å². The molecule has 0 aliphatic heterocycles. The van der Waals surface area contributed by atoms with Gasteiger partial charge in [0.2, 0.25) is 0 Å². The fraction of sp³-hybridized carbons (Fsp3) is 0.235. The lowest BCUT2D eigenvalue weighted by Gasteiger charge is -2.07. The summed E-state index contributed by atoms with van der Waals surface area (Å²) < 4.78 is 18.2. The van der Waals surface area contributed by atoms with E-state index < -0.39 is 0 Å². The highest BCUT2D eigenvalue weighted by Crippen LogP contribution is 2.12. The van der Waals surface area contributed by atoms with Gasteiger partial charge in [-0.25, -0.2) is 4.39 Å². The van der Waals surface area contributed by atoms with E-state index in [4.69, 9.17) is 4.74 Å². The Hall–Kier alpha value is -2.36. The summed E-state index contributed by atoms with van der Waals surface area (Å²) in [6, 6.07) is 12.1. The Kier molecular flexibility index (Phi) is 4.93. The molecular weight excluding hydrogens is 269 g/mol. The van der Waals surface area contributed by atoms with E-state index in [9.17, 15) is 9.18 Å². The van der Waals surface area contributed by atoms with Crippen molar-refractivity contribution < 1.29 is 13.9 Å². The lowest BCUT2D eigenvalue weighted by Crippen LogP contribution is -2.25. The molecule has 3 nitrogen and oxygen atoms in total. The molecule has 110 valence electrons. The van der Waals surface area contributed by atoms with Crippen LogP contribution in [0.5, 0.6) is 5.75 Å². The number of nitrogens with one attached hydrogen (secondary N) is 1. The molecular formula is C17H18FNO2. The van der Waals surface area contributed by atoms with Gasteiger partial charge in [-0.15, -0.1) is 0 Å². The zero-order valence-corrected chi connectivity index (χ0v) is 12.2. The first-order valence-electron chi connectivity index (χ1n) is 6.77. The van der Waals surface area contributed by atoms with Gasteiger partial charge in [0.25, 0.3) is 5.91 Å². The summed E-state index contributed by atoms with van der Waals surface area (Å²) in [5.74, 6) is 0.320. The third kappa shape index (κ3) is 4.05. The van der Waals surface area contributed by atoms with Crippen molar-refractivity contribution in [3.8, 4) is 5.75 Å². The molecule has 0 spiro atoms. The first kappa shape index (κ1) is 15.0. The van der Waals surface area contributed by atoms with Crippen molar-refractivity contribution in [2.45, 2.75) is 13.3 Å². The van der Waals surface area contributed by atoms with Crippen molar-refractivity contribution in [2.24, 2.45) is 0 Å². The molecule has 0 aliphatic carbocycles. The molecule has 0 saturated heterocycles. The summed E-state index contributed by atoms with van der Waals surface area (Å²) in [5.41, 5.74) is 2.06. The highest BCUT2D eigenvalue weighted by molar-refractivity contribution is 5.94. The number of rotatable bonds is 5. The minimum Gasteiger partial charge on any atom is -0.497 e. The first-order valence-corrected chi connectivity index (χ1v) is 6.77. The fourth-order valence-corrected chi connectivity index (χ4v) is 2.00. The molecule has 0 aliphatic rings. The van der Waals surface area contributed by atoms with Crippen molar-refractivity contribution in [3.05, 3.63) is 65.0 Å². The van der Waals surface area contributed by atoms with Crippen molar-refractivity contribution in [1.82, 2.24) is 5.32 Å². The van der Waals surface area contributed by atoms with Gasteiger partial charge in [-0.05, 0) is 54.8 Å². The molecule has 4 heteroatoms. The Bertz CT molecular complexity index is 623. The summed E-state index contributed by atoms with van der Waals surface area (Å²) in [6.45, 7) is 2.17. The standard InChI is InChI=1S/C17H18FNO2/c1-12-11-14(5-8-16(12)18)17(20)19-10-9-13-3-6-15(21-2)7-4-13/h3-8,11H,9-10H2,1-2H3,(H,19,20). The van der Waals surface area contributed by atoms with Gasteiger partial charge >= 0.3 is 0 Å². The smallest absolute Gasteiger partial charge is 0.251 e. The normalized spacial score (nSPS) is 10.2. The number of halogens is 1. The molecule has 0 radical (unpaired) electrons. The summed E-state index contributed by atoms with van der Waals surface area (Å²) in [5, 5.41) is 2.83. The van der Waals surface area contributed by atoms with Crippen LogP contribution in [0.25, 0.3) is 0 Å². The van der Waals surface area contributed by atoms with E-state index in [1.807, 2.05) is 24.3 Å². The summed E-state index contributed by atoms with van der Waals surface area (Å²) >= 11 is 0. The van der Waals surface area contributed by atoms with Gasteiger partial charge in [0.05, 0.1) is 7.11 Å². The second kappa shape index (κ2) is 6.88. The summed E-state index contributed by atoms with van der Waals surface area (Å²) in [4.78, 5) is 11.9. The average Bonchev–Trinajstić information content (AvgIpc) is 2.50. The average molecular weight is 287 g/mol. The van der Waals surface area contributed by atoms with Crippen molar-refractivity contribution in [3.63, 3.8) is 0 Å². The van der Waals surface area contributed by atoms with E-state index in [1.165, 1.54) is 12.1 Å². The fourth-order valence-electron chi connectivity index (χ4n) is 2.00. The number of aryl methyl sites for hydroxylation is 1. The number of hydrogen-bond donors (Lipinski definition) is 1. The second-order valence-electron chi connectivity index (χ2n) is 4.82. The second-order valence-corrected chi connectivity index (χ2v) is 4.82. The maximum Gasteiger partial charge on any atom is 0.251 e. The molecule has 2 aromatic rings. The Labute approximate surface area is 123 Å². The number of ether oxygens (including phenoxy) is 1. The Morgan fingerprint density at radius 3 is 2.52 bits per heavy atom. The highest BCUT2D eigenvalue weighted by Gasteiger charge is 2.07. The lowest BCUT2D eigenvalue weighted by atomic mass is 10.1. The minimum atomic E-state index is -0.301. The first-order chi connectivity index (χ1) is 10.1. The molecule has 2 rings (SSSR count). The number of benzene rings is 2. The van der Waals surface area contributed by atoms with Gasteiger partial charge in [0, 0.05) is 12.1 Å². The zero-order chi connectivity index (χ0) is 15.2. The van der Waals surface area contributed by atoms with Crippen LogP contribution in [0, 0.1) is 12.7 Å². The predicted octanol–water partition coefficient (Wildman–Crippen LogP) is 3.12. The predicted molar refractivity (Wildman–Crippen MR) is 80.2 cm³/mol. The molecule has 0 atom stereocenters. The maximum atomic E-state index is 13.2. The van der Waals surface area contributed by atoms with E-state index in [1.54, 1.807) is 20.1 Å². The topological polar surface area (TPSA) is 38.3 Å². The molecule has 0 bridgehead atoms. The molecule has 0 aromatic heterocycles. The van der Waals surface area contributed by atoms with Crippen LogP contribution < -0.4 is 10.1 Å². The van der Waals surface area contributed by atoms with E-state index in [0.29, 0.717) is 17.7 Å². The number of methoxy groups -OCH3 is 1. The van der Waals surface area contributed by atoms with Crippen LogP contribution >= 0.6 is 0 Å². The minimum absolute atomic E-state index is 0.188. The molecule has 0 fully saturated rings. The molecule has 0 unspecified atom stereocenters. The van der Waals surface area contributed by atoms with Crippen LogP contribution in [0.3, 0.4) is 0 Å². The van der Waals surface area contributed by atoms with Crippen LogP contribution in [0.4, 0.5) is 4.39 Å². The third-order valence-electron chi connectivity index (χ3n) is 3.28. The molecule has 0 heterocycles. The van der Waals surface area contributed by atoms with Gasteiger partial charge < -0.3 is 10.1 Å². The summed E-state index contributed by atoms with van der Waals surface area (Å²) in [6.07, 6.45) is 0.732. The highest BCUT2D eigenvalue weighted by atomic mass is 19.1. The van der Waals surface area contributed by atoms with Crippen LogP contribution in [-0.4, -0.2) is 19.6 Å². The molecule has 1 N–H and O–H groups in total. The van der Waals surface area contributed by atoms with Crippen LogP contribution in [0.15, 0.2) is 42.5 Å². The van der Waals surface area contributed by atoms with E-state index in [0.717, 1.165) is 17.7 Å². The number of hydrogen-bond acceptors (Lipinski definition) is 2. The van der Waals surface area contributed by atoms with Gasteiger partial charge in [-0.1, -0.05) is 12.1 Å². The van der Waals surface area contributed by atoms with Crippen LogP contribution in [0.1, 0.15) is 21.5 Å². The van der Waals surface area contributed by atoms with Gasteiger partial charge in [0.15, 0.2) is 0 Å².